The topological polar surface area (TPSA) is 61.4 Å². The lowest BCUT2D eigenvalue weighted by Crippen LogP contribution is -2.53. The predicted molar refractivity (Wildman–Crippen MR) is 124 cm³/mol. The number of nitrogens with zero attached hydrogens (tertiary/aromatic N) is 1. The van der Waals surface area contributed by atoms with Crippen LogP contribution in [0, 0.1) is 5.92 Å². The van der Waals surface area contributed by atoms with E-state index in [-0.39, 0.29) is 17.5 Å². The highest BCUT2D eigenvalue weighted by Crippen LogP contribution is 2.32. The zero-order valence-electron chi connectivity index (χ0n) is 20.3. The van der Waals surface area contributed by atoms with E-state index in [1.54, 1.807) is 6.92 Å². The summed E-state index contributed by atoms with van der Waals surface area (Å²) in [6, 6.07) is 4.33. The molecule has 1 aliphatic carbocycles. The van der Waals surface area contributed by atoms with Gasteiger partial charge in [0.05, 0.1) is 5.56 Å². The standard InChI is InChI=1S/C25H38F3N3O2/c1-6-7-9-18-15-21(31(5)16(2)3)12-13-22(18)30-23(32)17(4)29-24(33)19-10-8-11-20(14-19)25(26,27)28/h8,10-11,14,16-18,21-22H,6-7,9,12-13,15H2,1-5H3,(H,29,33)(H,30,32)/t17-,18?,21?,22?/m0/s1. The van der Waals surface area contributed by atoms with E-state index in [1.165, 1.54) is 12.1 Å². The van der Waals surface area contributed by atoms with Crippen LogP contribution in [0.4, 0.5) is 13.2 Å². The van der Waals surface area contributed by atoms with Crippen LogP contribution in [0.2, 0.25) is 0 Å². The fourth-order valence-corrected chi connectivity index (χ4v) is 4.50. The summed E-state index contributed by atoms with van der Waals surface area (Å²) in [5.41, 5.74) is -1.02. The van der Waals surface area contributed by atoms with Crippen molar-refractivity contribution in [2.24, 2.45) is 5.92 Å². The Kier molecular flexibility index (Phi) is 9.76. The predicted octanol–water partition coefficient (Wildman–Crippen LogP) is 5.01. The number of rotatable bonds is 9. The summed E-state index contributed by atoms with van der Waals surface area (Å²) in [5.74, 6) is -0.647. The van der Waals surface area contributed by atoms with Crippen molar-refractivity contribution in [1.29, 1.82) is 0 Å². The molecule has 4 atom stereocenters. The number of hydrogen-bond acceptors (Lipinski definition) is 3. The van der Waals surface area contributed by atoms with E-state index in [4.69, 9.17) is 0 Å². The van der Waals surface area contributed by atoms with Gasteiger partial charge in [-0.05, 0) is 77.6 Å². The van der Waals surface area contributed by atoms with E-state index in [9.17, 15) is 22.8 Å². The van der Waals surface area contributed by atoms with Crippen molar-refractivity contribution in [3.8, 4) is 0 Å². The number of nitrogens with one attached hydrogen (secondary N) is 2. The molecule has 2 amide bonds. The second-order valence-corrected chi connectivity index (χ2v) is 9.52. The third-order valence-corrected chi connectivity index (χ3v) is 6.79. The molecule has 1 aromatic rings. The first-order valence-electron chi connectivity index (χ1n) is 11.9. The van der Waals surface area contributed by atoms with Gasteiger partial charge in [-0.3, -0.25) is 9.59 Å². The second kappa shape index (κ2) is 11.9. The van der Waals surface area contributed by atoms with Crippen molar-refractivity contribution in [2.75, 3.05) is 7.05 Å². The number of amides is 2. The van der Waals surface area contributed by atoms with Crippen molar-refractivity contribution < 1.29 is 22.8 Å². The molecule has 0 aliphatic heterocycles. The maximum atomic E-state index is 12.9. The molecule has 2 rings (SSSR count). The zero-order valence-corrected chi connectivity index (χ0v) is 20.3. The third kappa shape index (κ3) is 7.73. The normalized spacial score (nSPS) is 22.3. The van der Waals surface area contributed by atoms with Crippen LogP contribution in [0.25, 0.3) is 0 Å². The molecule has 1 aromatic carbocycles. The molecule has 0 aromatic heterocycles. The van der Waals surface area contributed by atoms with Crippen LogP contribution < -0.4 is 10.6 Å². The van der Waals surface area contributed by atoms with Crippen molar-refractivity contribution in [1.82, 2.24) is 15.5 Å². The van der Waals surface area contributed by atoms with Gasteiger partial charge in [0, 0.05) is 23.7 Å². The molecule has 0 spiro atoms. The van der Waals surface area contributed by atoms with Crippen LogP contribution in [-0.2, 0) is 11.0 Å². The largest absolute Gasteiger partial charge is 0.416 e. The monoisotopic (exact) mass is 469 g/mol. The molecule has 0 bridgehead atoms. The molecular weight excluding hydrogens is 431 g/mol. The van der Waals surface area contributed by atoms with Gasteiger partial charge in [-0.2, -0.15) is 13.2 Å². The van der Waals surface area contributed by atoms with Gasteiger partial charge >= 0.3 is 6.18 Å². The number of carbonyl (C=O) groups excluding carboxylic acids is 2. The minimum atomic E-state index is -4.53. The van der Waals surface area contributed by atoms with Crippen molar-refractivity contribution in [3.05, 3.63) is 35.4 Å². The molecule has 0 heterocycles. The minimum Gasteiger partial charge on any atom is -0.351 e. The van der Waals surface area contributed by atoms with Crippen LogP contribution in [-0.4, -0.2) is 47.9 Å². The molecule has 8 heteroatoms. The Morgan fingerprint density at radius 3 is 2.48 bits per heavy atom. The second-order valence-electron chi connectivity index (χ2n) is 9.52. The Labute approximate surface area is 195 Å². The van der Waals surface area contributed by atoms with Gasteiger partial charge in [0.15, 0.2) is 0 Å². The summed E-state index contributed by atoms with van der Waals surface area (Å²) in [4.78, 5) is 27.7. The van der Waals surface area contributed by atoms with E-state index in [0.29, 0.717) is 18.0 Å². The minimum absolute atomic E-state index is 0.0359. The molecule has 1 fully saturated rings. The van der Waals surface area contributed by atoms with Gasteiger partial charge in [-0.1, -0.05) is 25.8 Å². The first-order valence-corrected chi connectivity index (χ1v) is 11.9. The Morgan fingerprint density at radius 2 is 1.88 bits per heavy atom. The number of alkyl halides is 3. The first-order chi connectivity index (χ1) is 15.4. The molecule has 5 nitrogen and oxygen atoms in total. The smallest absolute Gasteiger partial charge is 0.351 e. The fourth-order valence-electron chi connectivity index (χ4n) is 4.50. The maximum Gasteiger partial charge on any atom is 0.416 e. The van der Waals surface area contributed by atoms with E-state index in [1.807, 2.05) is 0 Å². The van der Waals surface area contributed by atoms with Gasteiger partial charge in [0.25, 0.3) is 5.91 Å². The van der Waals surface area contributed by atoms with Crippen molar-refractivity contribution >= 4 is 11.8 Å². The van der Waals surface area contributed by atoms with Gasteiger partial charge in [0.2, 0.25) is 5.91 Å². The number of hydrogen-bond donors (Lipinski definition) is 2. The van der Waals surface area contributed by atoms with Crippen molar-refractivity contribution in [3.63, 3.8) is 0 Å². The Balaban J connectivity index is 2.00. The third-order valence-electron chi connectivity index (χ3n) is 6.79. The highest BCUT2D eigenvalue weighted by atomic mass is 19.4. The summed E-state index contributed by atoms with van der Waals surface area (Å²) in [6.07, 6.45) is 1.57. The number of benzene rings is 1. The summed E-state index contributed by atoms with van der Waals surface area (Å²) in [7, 11) is 2.15. The summed E-state index contributed by atoms with van der Waals surface area (Å²) >= 11 is 0. The number of carbonyl (C=O) groups is 2. The molecule has 3 unspecified atom stereocenters. The van der Waals surface area contributed by atoms with Crippen LogP contribution in [0.5, 0.6) is 0 Å². The van der Waals surface area contributed by atoms with Crippen LogP contribution >= 0.6 is 0 Å². The maximum absolute atomic E-state index is 12.9. The molecular formula is C25H38F3N3O2. The SMILES string of the molecule is CCCCC1CC(N(C)C(C)C)CCC1NC(=O)[C@H](C)NC(=O)c1cccc(C(F)(F)F)c1. The Morgan fingerprint density at radius 1 is 1.18 bits per heavy atom. The van der Waals surface area contributed by atoms with Gasteiger partial charge in [0.1, 0.15) is 6.04 Å². The van der Waals surface area contributed by atoms with Gasteiger partial charge in [-0.15, -0.1) is 0 Å². The summed E-state index contributed by atoms with van der Waals surface area (Å²) in [6.45, 7) is 8.08. The molecule has 1 saturated carbocycles. The van der Waals surface area contributed by atoms with E-state index < -0.39 is 23.7 Å². The van der Waals surface area contributed by atoms with Crippen LogP contribution in [0.15, 0.2) is 24.3 Å². The quantitative estimate of drug-likeness (QED) is 0.535. The highest BCUT2D eigenvalue weighted by molar-refractivity contribution is 5.97. The summed E-state index contributed by atoms with van der Waals surface area (Å²) < 4.78 is 38.8. The average Bonchev–Trinajstić information content (AvgIpc) is 2.77. The lowest BCUT2D eigenvalue weighted by Gasteiger charge is -2.42. The highest BCUT2D eigenvalue weighted by Gasteiger charge is 2.34. The van der Waals surface area contributed by atoms with E-state index in [0.717, 1.165) is 50.7 Å². The lowest BCUT2D eigenvalue weighted by molar-refractivity contribution is -0.137. The van der Waals surface area contributed by atoms with Crippen LogP contribution in [0.1, 0.15) is 82.1 Å². The molecule has 0 radical (unpaired) electrons. The first kappa shape index (κ1) is 27.2. The molecule has 2 N–H and O–H groups in total. The Bertz CT molecular complexity index is 797. The molecule has 0 saturated heterocycles. The number of unbranched alkanes of at least 4 members (excludes halogenated alkanes) is 1. The molecule has 186 valence electrons. The Hall–Kier alpha value is -2.09. The number of halogens is 3. The van der Waals surface area contributed by atoms with Crippen LogP contribution in [0.3, 0.4) is 0 Å². The van der Waals surface area contributed by atoms with Gasteiger partial charge < -0.3 is 15.5 Å². The summed E-state index contributed by atoms with van der Waals surface area (Å²) in [5, 5.41) is 5.64. The fraction of sp³-hybridized carbons (Fsp3) is 0.680. The molecule has 1 aliphatic rings. The van der Waals surface area contributed by atoms with E-state index in [2.05, 4.69) is 43.4 Å². The lowest BCUT2D eigenvalue weighted by atomic mass is 9.78. The van der Waals surface area contributed by atoms with E-state index >= 15 is 0 Å². The molecule has 33 heavy (non-hydrogen) atoms. The van der Waals surface area contributed by atoms with Gasteiger partial charge in [-0.25, -0.2) is 0 Å². The zero-order chi connectivity index (χ0) is 24.8. The average molecular weight is 470 g/mol. The van der Waals surface area contributed by atoms with Crippen molar-refractivity contribution in [2.45, 2.75) is 96.6 Å².